The van der Waals surface area contributed by atoms with Crippen molar-refractivity contribution >= 4 is 18.5 Å². The first-order chi connectivity index (χ1) is 5.58. The van der Waals surface area contributed by atoms with E-state index < -0.39 is 0 Å². The highest BCUT2D eigenvalue weighted by Crippen LogP contribution is 2.58. The summed E-state index contributed by atoms with van der Waals surface area (Å²) in [5.74, 6) is 0. The Bertz CT molecular complexity index is 212. The molecule has 3 aliphatic carbocycles. The van der Waals surface area contributed by atoms with Crippen molar-refractivity contribution in [1.29, 1.82) is 0 Å². The lowest BCUT2D eigenvalue weighted by Crippen LogP contribution is -2.82. The fourth-order valence-corrected chi connectivity index (χ4v) is 2.38. The zero-order valence-corrected chi connectivity index (χ0v) is 8.45. The molecule has 0 saturated heterocycles. The van der Waals surface area contributed by atoms with Crippen LogP contribution in [0.3, 0.4) is 0 Å². The summed E-state index contributed by atoms with van der Waals surface area (Å²) < 4.78 is 4.78. The molecule has 76 valence electrons. The van der Waals surface area contributed by atoms with E-state index in [1.54, 1.807) is 6.92 Å². The average Bonchev–Trinajstić information content (AvgIpc) is 1.82. The van der Waals surface area contributed by atoms with Crippen LogP contribution in [0.1, 0.15) is 26.2 Å². The van der Waals surface area contributed by atoms with Gasteiger partial charge in [-0.05, 0) is 26.2 Å². The average molecular weight is 207 g/mol. The van der Waals surface area contributed by atoms with E-state index in [-0.39, 0.29) is 29.6 Å². The van der Waals surface area contributed by atoms with Crippen molar-refractivity contribution in [2.24, 2.45) is 5.73 Å². The van der Waals surface area contributed by atoms with Crippen LogP contribution < -0.4 is 11.1 Å². The zero-order chi connectivity index (χ0) is 8.82. The molecule has 0 radical (unpaired) electrons. The number of halogens is 1. The molecule has 3 saturated carbocycles. The Hall–Kier alpha value is -0.480. The van der Waals surface area contributed by atoms with Gasteiger partial charge in [-0.3, -0.25) is 0 Å². The van der Waals surface area contributed by atoms with Crippen molar-refractivity contribution in [1.82, 2.24) is 5.32 Å². The molecule has 5 heteroatoms. The summed E-state index contributed by atoms with van der Waals surface area (Å²) in [5.41, 5.74) is 5.87. The Morgan fingerprint density at radius 2 is 2.08 bits per heavy atom. The number of carbonyl (C=O) groups excluding carboxylic acids is 1. The third-order valence-corrected chi connectivity index (χ3v) is 2.71. The maximum absolute atomic E-state index is 11.0. The molecule has 0 aromatic rings. The maximum atomic E-state index is 11.0. The predicted molar refractivity (Wildman–Crippen MR) is 50.9 cm³/mol. The Labute approximate surface area is 83.6 Å². The second-order valence-corrected chi connectivity index (χ2v) is 4.02. The molecule has 4 nitrogen and oxygen atoms in total. The molecule has 0 aromatic heterocycles. The first-order valence-electron chi connectivity index (χ1n) is 4.31. The highest BCUT2D eigenvalue weighted by molar-refractivity contribution is 5.85. The third-order valence-electron chi connectivity index (χ3n) is 2.71. The van der Waals surface area contributed by atoms with Crippen LogP contribution in [-0.4, -0.2) is 23.8 Å². The standard InChI is InChI=1S/C8H14N2O2.ClH/c1-2-12-6(11)10-8-3-7(9,4-8)5-8;/h2-5,9H2,1H3,(H,10,11);1H. The number of nitrogens with one attached hydrogen (secondary N) is 1. The van der Waals surface area contributed by atoms with E-state index in [0.29, 0.717) is 6.61 Å². The van der Waals surface area contributed by atoms with E-state index >= 15 is 0 Å². The molecule has 3 aliphatic rings. The molecule has 3 fully saturated rings. The predicted octanol–water partition coefficient (Wildman–Crippen LogP) is 0.788. The zero-order valence-electron chi connectivity index (χ0n) is 7.63. The van der Waals surface area contributed by atoms with Gasteiger partial charge in [-0.1, -0.05) is 0 Å². The van der Waals surface area contributed by atoms with Crippen molar-refractivity contribution in [3.8, 4) is 0 Å². The van der Waals surface area contributed by atoms with Gasteiger partial charge >= 0.3 is 6.09 Å². The molecule has 0 atom stereocenters. The Kier molecular flexibility index (Phi) is 2.47. The maximum Gasteiger partial charge on any atom is 0.407 e. The monoisotopic (exact) mass is 206 g/mol. The summed E-state index contributed by atoms with van der Waals surface area (Å²) >= 11 is 0. The van der Waals surface area contributed by atoms with Crippen molar-refractivity contribution in [3.63, 3.8) is 0 Å². The van der Waals surface area contributed by atoms with Crippen LogP contribution in [0.15, 0.2) is 0 Å². The second-order valence-electron chi connectivity index (χ2n) is 4.02. The SMILES string of the molecule is CCOC(=O)NC12CC(N)(C1)C2.Cl. The van der Waals surface area contributed by atoms with E-state index in [2.05, 4.69) is 5.32 Å². The number of carbonyl (C=O) groups is 1. The van der Waals surface area contributed by atoms with Gasteiger partial charge in [0.05, 0.1) is 6.61 Å². The number of nitrogens with two attached hydrogens (primary N) is 1. The number of rotatable bonds is 2. The van der Waals surface area contributed by atoms with Gasteiger partial charge in [0.1, 0.15) is 0 Å². The van der Waals surface area contributed by atoms with Crippen molar-refractivity contribution in [2.75, 3.05) is 6.61 Å². The van der Waals surface area contributed by atoms with Gasteiger partial charge < -0.3 is 15.8 Å². The smallest absolute Gasteiger partial charge is 0.407 e. The lowest BCUT2D eigenvalue weighted by Gasteiger charge is -2.68. The minimum absolute atomic E-state index is 0. The Morgan fingerprint density at radius 3 is 2.46 bits per heavy atom. The van der Waals surface area contributed by atoms with E-state index in [0.717, 1.165) is 19.3 Å². The Morgan fingerprint density at radius 1 is 1.54 bits per heavy atom. The van der Waals surface area contributed by atoms with Crippen LogP contribution in [0.4, 0.5) is 4.79 Å². The van der Waals surface area contributed by atoms with Gasteiger partial charge in [0.2, 0.25) is 0 Å². The van der Waals surface area contributed by atoms with Gasteiger partial charge in [-0.15, -0.1) is 12.4 Å². The number of hydrogen-bond donors (Lipinski definition) is 2. The number of hydrogen-bond acceptors (Lipinski definition) is 3. The molecule has 0 aromatic carbocycles. The van der Waals surface area contributed by atoms with Crippen molar-refractivity contribution in [3.05, 3.63) is 0 Å². The topological polar surface area (TPSA) is 64.3 Å². The van der Waals surface area contributed by atoms with Crippen LogP contribution in [0, 0.1) is 0 Å². The molecule has 13 heavy (non-hydrogen) atoms. The van der Waals surface area contributed by atoms with Crippen molar-refractivity contribution in [2.45, 2.75) is 37.3 Å². The van der Waals surface area contributed by atoms with E-state index in [1.807, 2.05) is 0 Å². The summed E-state index contributed by atoms with van der Waals surface area (Å²) in [6, 6.07) is 0. The molecular weight excluding hydrogens is 192 g/mol. The van der Waals surface area contributed by atoms with E-state index in [1.165, 1.54) is 0 Å². The van der Waals surface area contributed by atoms with Crippen LogP contribution in [0.5, 0.6) is 0 Å². The first-order valence-corrected chi connectivity index (χ1v) is 4.31. The quantitative estimate of drug-likeness (QED) is 0.702. The molecule has 1 amide bonds. The number of alkyl carbamates (subject to hydrolysis) is 1. The van der Waals surface area contributed by atoms with Crippen LogP contribution >= 0.6 is 12.4 Å². The summed E-state index contributed by atoms with van der Waals surface area (Å²) in [5, 5.41) is 2.84. The minimum atomic E-state index is -0.306. The minimum Gasteiger partial charge on any atom is -0.450 e. The lowest BCUT2D eigenvalue weighted by molar-refractivity contribution is -0.0743. The van der Waals surface area contributed by atoms with Gasteiger partial charge in [-0.25, -0.2) is 4.79 Å². The number of ether oxygens (including phenoxy) is 1. The summed E-state index contributed by atoms with van der Waals surface area (Å²) in [7, 11) is 0. The highest BCUT2D eigenvalue weighted by atomic mass is 35.5. The molecule has 0 unspecified atom stereocenters. The third kappa shape index (κ3) is 1.60. The van der Waals surface area contributed by atoms with Crippen LogP contribution in [0.25, 0.3) is 0 Å². The second kappa shape index (κ2) is 3.03. The van der Waals surface area contributed by atoms with Gasteiger partial charge in [0.25, 0.3) is 0 Å². The summed E-state index contributed by atoms with van der Waals surface area (Å²) in [6.45, 7) is 2.22. The molecule has 2 bridgehead atoms. The van der Waals surface area contributed by atoms with Gasteiger partial charge in [0.15, 0.2) is 0 Å². The van der Waals surface area contributed by atoms with E-state index in [9.17, 15) is 4.79 Å². The van der Waals surface area contributed by atoms with Gasteiger partial charge in [-0.2, -0.15) is 0 Å². The number of amides is 1. The Balaban J connectivity index is 0.000000845. The fraction of sp³-hybridized carbons (Fsp3) is 0.875. The largest absolute Gasteiger partial charge is 0.450 e. The molecular formula is C8H15ClN2O2. The van der Waals surface area contributed by atoms with E-state index in [4.69, 9.17) is 10.5 Å². The molecule has 0 aliphatic heterocycles. The summed E-state index contributed by atoms with van der Waals surface area (Å²) in [6.07, 6.45) is 2.44. The van der Waals surface area contributed by atoms with Gasteiger partial charge in [0, 0.05) is 11.1 Å². The molecule has 3 N–H and O–H groups in total. The summed E-state index contributed by atoms with van der Waals surface area (Å²) in [4.78, 5) is 11.0. The lowest BCUT2D eigenvalue weighted by atomic mass is 9.45. The van der Waals surface area contributed by atoms with Crippen molar-refractivity contribution < 1.29 is 9.53 Å². The fourth-order valence-electron chi connectivity index (χ4n) is 2.38. The molecule has 3 rings (SSSR count). The van der Waals surface area contributed by atoms with Crippen LogP contribution in [0.2, 0.25) is 0 Å². The normalized spacial score (nSPS) is 39.2. The molecule has 0 spiro atoms. The molecule has 0 heterocycles. The first kappa shape index (κ1) is 10.6. The highest BCUT2D eigenvalue weighted by Gasteiger charge is 2.66. The van der Waals surface area contributed by atoms with Crippen LogP contribution in [-0.2, 0) is 4.74 Å².